The maximum Gasteiger partial charge on any atom is 0.248 e. The molecule has 0 saturated carbocycles. The van der Waals surface area contributed by atoms with E-state index in [-0.39, 0.29) is 17.7 Å². The zero-order valence-electron chi connectivity index (χ0n) is 15.2. The van der Waals surface area contributed by atoms with Crippen molar-refractivity contribution in [3.05, 3.63) is 65.7 Å². The lowest BCUT2D eigenvalue weighted by Gasteiger charge is -2.19. The summed E-state index contributed by atoms with van der Waals surface area (Å²) in [5, 5.41) is 6.96. The molecule has 3 rings (SSSR count). The predicted octanol–water partition coefficient (Wildman–Crippen LogP) is 3.21. The highest BCUT2D eigenvalue weighted by atomic mass is 16.5. The minimum absolute atomic E-state index is 0.0617. The van der Waals surface area contributed by atoms with Gasteiger partial charge < -0.3 is 10.1 Å². The first-order valence-electron chi connectivity index (χ1n) is 8.65. The van der Waals surface area contributed by atoms with Crippen molar-refractivity contribution in [3.8, 4) is 5.75 Å². The van der Waals surface area contributed by atoms with Crippen molar-refractivity contribution in [2.45, 2.75) is 13.3 Å². The van der Waals surface area contributed by atoms with Gasteiger partial charge in [-0.15, -0.1) is 0 Å². The van der Waals surface area contributed by atoms with Crippen molar-refractivity contribution in [2.75, 3.05) is 12.4 Å². The summed E-state index contributed by atoms with van der Waals surface area (Å²) < 4.78 is 5.11. The molecule has 0 saturated heterocycles. The fourth-order valence-electron chi connectivity index (χ4n) is 2.80. The molecule has 1 unspecified atom stereocenters. The molecular formula is C21H21N3O3. The second-order valence-corrected chi connectivity index (χ2v) is 6.31. The zero-order valence-corrected chi connectivity index (χ0v) is 15.2. The summed E-state index contributed by atoms with van der Waals surface area (Å²) in [7, 11) is 1.61. The van der Waals surface area contributed by atoms with E-state index in [1.54, 1.807) is 13.2 Å². The Balaban J connectivity index is 1.61. The maximum absolute atomic E-state index is 12.1. The van der Waals surface area contributed by atoms with E-state index in [0.717, 1.165) is 22.6 Å². The van der Waals surface area contributed by atoms with Crippen molar-refractivity contribution < 1.29 is 14.3 Å². The second-order valence-electron chi connectivity index (χ2n) is 6.31. The molecule has 0 aliphatic carbocycles. The molecule has 2 aromatic carbocycles. The number of hydrogen-bond donors (Lipinski definition) is 2. The molecule has 0 spiro atoms. The molecule has 0 radical (unpaired) electrons. The highest BCUT2D eigenvalue weighted by molar-refractivity contribution is 6.06. The van der Waals surface area contributed by atoms with E-state index >= 15 is 0 Å². The van der Waals surface area contributed by atoms with Gasteiger partial charge in [-0.3, -0.25) is 9.59 Å². The number of anilines is 1. The molecule has 138 valence electrons. The molecule has 0 aromatic heterocycles. The Bertz CT molecular complexity index is 884. The molecule has 6 heteroatoms. The second kappa shape index (κ2) is 8.31. The molecule has 0 fully saturated rings. The summed E-state index contributed by atoms with van der Waals surface area (Å²) in [5.74, 6) is 0.549. The van der Waals surface area contributed by atoms with Gasteiger partial charge in [-0.1, -0.05) is 31.2 Å². The van der Waals surface area contributed by atoms with Crippen LogP contribution in [0.25, 0.3) is 6.08 Å². The average Bonchev–Trinajstić information content (AvgIpc) is 2.68. The van der Waals surface area contributed by atoms with E-state index in [0.29, 0.717) is 12.1 Å². The number of hydrazone groups is 1. The number of nitrogens with one attached hydrogen (secondary N) is 2. The SMILES string of the molecule is COc1ccc(/C=C/C(=O)Nc2ccc(C3=NNC(=O)CC3C)cc2)cc1. The van der Waals surface area contributed by atoms with Gasteiger partial charge in [0.1, 0.15) is 5.75 Å². The van der Waals surface area contributed by atoms with Crippen LogP contribution in [0, 0.1) is 5.92 Å². The highest BCUT2D eigenvalue weighted by Crippen LogP contribution is 2.18. The number of methoxy groups -OCH3 is 1. The number of rotatable bonds is 5. The number of carbonyl (C=O) groups is 2. The Morgan fingerprint density at radius 1 is 1.19 bits per heavy atom. The quantitative estimate of drug-likeness (QED) is 0.801. The third kappa shape index (κ3) is 4.82. The van der Waals surface area contributed by atoms with E-state index in [9.17, 15) is 9.59 Å². The lowest BCUT2D eigenvalue weighted by atomic mass is 9.94. The number of benzene rings is 2. The molecule has 2 aromatic rings. The molecule has 2 N–H and O–H groups in total. The van der Waals surface area contributed by atoms with Crippen LogP contribution in [0.3, 0.4) is 0 Å². The van der Waals surface area contributed by atoms with Crippen LogP contribution < -0.4 is 15.5 Å². The first-order chi connectivity index (χ1) is 13.0. The molecule has 1 aliphatic heterocycles. The predicted molar refractivity (Wildman–Crippen MR) is 106 cm³/mol. The van der Waals surface area contributed by atoms with Gasteiger partial charge in [-0.2, -0.15) is 5.10 Å². The lowest BCUT2D eigenvalue weighted by molar-refractivity contribution is -0.121. The molecule has 1 atom stereocenters. The fraction of sp³-hybridized carbons (Fsp3) is 0.190. The van der Waals surface area contributed by atoms with Crippen LogP contribution in [0.15, 0.2) is 59.7 Å². The van der Waals surface area contributed by atoms with Crippen LogP contribution in [0.1, 0.15) is 24.5 Å². The van der Waals surface area contributed by atoms with Gasteiger partial charge in [0.2, 0.25) is 11.8 Å². The Morgan fingerprint density at radius 2 is 1.89 bits per heavy atom. The Hall–Kier alpha value is -3.41. The van der Waals surface area contributed by atoms with E-state index < -0.39 is 0 Å². The van der Waals surface area contributed by atoms with Crippen molar-refractivity contribution in [2.24, 2.45) is 11.0 Å². The number of hydrogen-bond acceptors (Lipinski definition) is 4. The van der Waals surface area contributed by atoms with Crippen LogP contribution >= 0.6 is 0 Å². The smallest absolute Gasteiger partial charge is 0.248 e. The standard InChI is InChI=1S/C21H21N3O3/c1-14-13-20(26)23-24-21(14)16-6-8-17(9-7-16)22-19(25)12-5-15-3-10-18(27-2)11-4-15/h3-12,14H,13H2,1-2H3,(H,22,25)(H,23,26)/b12-5+. The van der Waals surface area contributed by atoms with Gasteiger partial charge in [-0.25, -0.2) is 5.43 Å². The molecular weight excluding hydrogens is 342 g/mol. The first-order valence-corrected chi connectivity index (χ1v) is 8.65. The van der Waals surface area contributed by atoms with Crippen LogP contribution in [-0.4, -0.2) is 24.6 Å². The summed E-state index contributed by atoms with van der Waals surface area (Å²) in [6.07, 6.45) is 3.65. The molecule has 27 heavy (non-hydrogen) atoms. The van der Waals surface area contributed by atoms with Crippen molar-refractivity contribution in [1.82, 2.24) is 5.43 Å². The summed E-state index contributed by atoms with van der Waals surface area (Å²) in [6.45, 7) is 1.97. The van der Waals surface area contributed by atoms with Crippen LogP contribution in [-0.2, 0) is 9.59 Å². The van der Waals surface area contributed by atoms with E-state index in [1.807, 2.05) is 55.5 Å². The topological polar surface area (TPSA) is 79.8 Å². The summed E-state index contributed by atoms with van der Waals surface area (Å²) in [5.41, 5.74) is 5.88. The normalized spacial score (nSPS) is 16.6. The van der Waals surface area contributed by atoms with Gasteiger partial charge in [0.05, 0.1) is 12.8 Å². The van der Waals surface area contributed by atoms with Crippen LogP contribution in [0.4, 0.5) is 5.69 Å². The minimum Gasteiger partial charge on any atom is -0.497 e. The fourth-order valence-corrected chi connectivity index (χ4v) is 2.80. The van der Waals surface area contributed by atoms with E-state index in [4.69, 9.17) is 4.74 Å². The van der Waals surface area contributed by atoms with E-state index in [2.05, 4.69) is 15.8 Å². The first kappa shape index (κ1) is 18.4. The molecule has 0 bridgehead atoms. The van der Waals surface area contributed by atoms with E-state index in [1.165, 1.54) is 6.08 Å². The monoisotopic (exact) mass is 363 g/mol. The lowest BCUT2D eigenvalue weighted by Crippen LogP contribution is -2.31. The highest BCUT2D eigenvalue weighted by Gasteiger charge is 2.21. The largest absolute Gasteiger partial charge is 0.497 e. The number of ether oxygens (including phenoxy) is 1. The van der Waals surface area contributed by atoms with Crippen LogP contribution in [0.5, 0.6) is 5.75 Å². The summed E-state index contributed by atoms with van der Waals surface area (Å²) in [6, 6.07) is 14.8. The minimum atomic E-state index is -0.214. The summed E-state index contributed by atoms with van der Waals surface area (Å²) in [4.78, 5) is 23.4. The zero-order chi connectivity index (χ0) is 19.2. The molecule has 2 amide bonds. The third-order valence-electron chi connectivity index (χ3n) is 4.25. The summed E-state index contributed by atoms with van der Waals surface area (Å²) >= 11 is 0. The molecule has 1 aliphatic rings. The molecule has 6 nitrogen and oxygen atoms in total. The maximum atomic E-state index is 12.1. The average molecular weight is 363 g/mol. The van der Waals surface area contributed by atoms with Gasteiger partial charge in [0, 0.05) is 24.1 Å². The van der Waals surface area contributed by atoms with Crippen molar-refractivity contribution >= 4 is 29.3 Å². The Labute approximate surface area is 157 Å². The number of amides is 2. The van der Waals surface area contributed by atoms with Gasteiger partial charge in [-0.05, 0) is 41.5 Å². The number of carbonyl (C=O) groups excluding carboxylic acids is 2. The number of nitrogens with zero attached hydrogens (tertiary/aromatic N) is 1. The van der Waals surface area contributed by atoms with Gasteiger partial charge >= 0.3 is 0 Å². The van der Waals surface area contributed by atoms with Crippen LogP contribution in [0.2, 0.25) is 0 Å². The van der Waals surface area contributed by atoms with Crippen molar-refractivity contribution in [1.29, 1.82) is 0 Å². The molecule has 1 heterocycles. The van der Waals surface area contributed by atoms with Gasteiger partial charge in [0.15, 0.2) is 0 Å². The van der Waals surface area contributed by atoms with Crippen molar-refractivity contribution in [3.63, 3.8) is 0 Å². The Morgan fingerprint density at radius 3 is 2.52 bits per heavy atom. The Kier molecular flexibility index (Phi) is 5.66. The van der Waals surface area contributed by atoms with Gasteiger partial charge in [0.25, 0.3) is 0 Å². The third-order valence-corrected chi connectivity index (χ3v) is 4.25.